The highest BCUT2D eigenvalue weighted by atomic mass is 35.5. The van der Waals surface area contributed by atoms with Crippen molar-refractivity contribution in [1.82, 2.24) is 59.6 Å². The molecule has 3 unspecified atom stereocenters. The number of methoxy groups -OCH3 is 1. The maximum absolute atomic E-state index is 13.8. The minimum Gasteiger partial charge on any atom is -0.376 e. The first-order chi connectivity index (χ1) is 26.6. The van der Waals surface area contributed by atoms with E-state index in [0.717, 1.165) is 6.42 Å². The van der Waals surface area contributed by atoms with Gasteiger partial charge in [0.2, 0.25) is 0 Å². The molecule has 0 spiro atoms. The monoisotopic (exact) mass is 798 g/mol. The molecule has 7 rings (SSSR count). The summed E-state index contributed by atoms with van der Waals surface area (Å²) in [6.07, 6.45) is 10.7. The van der Waals surface area contributed by atoms with Gasteiger partial charge in [-0.1, -0.05) is 23.2 Å². The molecule has 2 amide bonds. The smallest absolute Gasteiger partial charge is 0.272 e. The molecule has 1 saturated carbocycles. The molecular formula is C39H44Cl2N12O3. The molecule has 0 saturated heterocycles. The fraction of sp³-hybridized carbons (Fsp3) is 0.436. The predicted molar refractivity (Wildman–Crippen MR) is 211 cm³/mol. The lowest BCUT2D eigenvalue weighted by atomic mass is 9.96. The Kier molecular flexibility index (Phi) is 10.8. The van der Waals surface area contributed by atoms with E-state index in [1.807, 2.05) is 20.8 Å². The molecule has 0 aliphatic heterocycles. The molecule has 15 nitrogen and oxygen atoms in total. The van der Waals surface area contributed by atoms with Crippen molar-refractivity contribution in [3.63, 3.8) is 0 Å². The van der Waals surface area contributed by atoms with Gasteiger partial charge in [-0.3, -0.25) is 19.6 Å². The number of nitrogens with zero attached hydrogens (tertiary/aromatic N) is 10. The van der Waals surface area contributed by atoms with Crippen LogP contribution in [0.1, 0.15) is 116 Å². The molecule has 56 heavy (non-hydrogen) atoms. The Balaban J connectivity index is 1.25. The standard InChI is InChI=1S/C39H44Cl2N12O3/c1-19(2)52-33-27(11-24(40)15-46-33)48-35(52)31(50-37(54)29-17-42-20(3)13-44-29)26-10-23(26)9-22(5)53-34-28(12-25(41)16-47-34)49-36(53)32(39(6,7)56-8)51-38(55)30-18-43-21(4)14-45-30/h11-19,22-23,26,31-32H,9-10H2,1-8H3,(H,50,54)(H,51,55)/t22?,23?,26?,31-,32+/m0/s1. The fourth-order valence-electron chi connectivity index (χ4n) is 7.28. The molecule has 1 fully saturated rings. The van der Waals surface area contributed by atoms with E-state index in [2.05, 4.69) is 65.5 Å². The second kappa shape index (κ2) is 15.4. The molecule has 17 heteroatoms. The van der Waals surface area contributed by atoms with Crippen LogP contribution < -0.4 is 10.6 Å². The first-order valence-electron chi connectivity index (χ1n) is 18.5. The molecule has 1 aliphatic carbocycles. The normalized spacial score (nSPS) is 17.3. The van der Waals surface area contributed by atoms with Crippen LogP contribution in [0.15, 0.2) is 49.3 Å². The minimum atomic E-state index is -0.917. The van der Waals surface area contributed by atoms with Crippen molar-refractivity contribution in [3.05, 3.63) is 93.8 Å². The van der Waals surface area contributed by atoms with Crippen LogP contribution in [0.2, 0.25) is 10.0 Å². The van der Waals surface area contributed by atoms with Gasteiger partial charge in [-0.25, -0.2) is 29.9 Å². The number of amides is 2. The lowest BCUT2D eigenvalue weighted by Crippen LogP contribution is -2.45. The first kappa shape index (κ1) is 39.1. The Hall–Kier alpha value is -5.12. The van der Waals surface area contributed by atoms with Crippen LogP contribution in [0.4, 0.5) is 0 Å². The summed E-state index contributed by atoms with van der Waals surface area (Å²) in [4.78, 5) is 64.0. The van der Waals surface area contributed by atoms with Gasteiger partial charge in [0.1, 0.15) is 40.1 Å². The zero-order valence-corrected chi connectivity index (χ0v) is 34.0. The summed E-state index contributed by atoms with van der Waals surface area (Å²) in [6, 6.07) is 2.14. The number of hydrogen-bond donors (Lipinski definition) is 2. The number of imidazole rings is 2. The molecule has 2 N–H and O–H groups in total. The van der Waals surface area contributed by atoms with Gasteiger partial charge in [0, 0.05) is 44.0 Å². The van der Waals surface area contributed by atoms with E-state index in [0.29, 0.717) is 61.8 Å². The first-order valence-corrected chi connectivity index (χ1v) is 19.2. The third kappa shape index (κ3) is 7.80. The molecule has 5 atom stereocenters. The number of aromatic nitrogens is 10. The third-order valence-electron chi connectivity index (χ3n) is 10.4. The summed E-state index contributed by atoms with van der Waals surface area (Å²) in [5.41, 5.74) is 3.39. The summed E-state index contributed by atoms with van der Waals surface area (Å²) >= 11 is 12.8. The summed E-state index contributed by atoms with van der Waals surface area (Å²) in [5, 5.41) is 7.30. The molecule has 0 radical (unpaired) electrons. The lowest BCUT2D eigenvalue weighted by Gasteiger charge is -2.34. The number of aryl methyl sites for hydroxylation is 2. The van der Waals surface area contributed by atoms with E-state index >= 15 is 0 Å². The number of carbonyl (C=O) groups excluding carboxylic acids is 2. The van der Waals surface area contributed by atoms with Crippen LogP contribution in [0.5, 0.6) is 0 Å². The number of fused-ring (bicyclic) bond motifs is 2. The molecule has 6 aromatic rings. The zero-order chi connectivity index (χ0) is 40.1. The Labute approximate surface area is 334 Å². The van der Waals surface area contributed by atoms with Gasteiger partial charge < -0.3 is 24.5 Å². The van der Waals surface area contributed by atoms with Crippen molar-refractivity contribution in [3.8, 4) is 0 Å². The van der Waals surface area contributed by atoms with E-state index in [9.17, 15) is 9.59 Å². The van der Waals surface area contributed by atoms with E-state index < -0.39 is 23.6 Å². The summed E-state index contributed by atoms with van der Waals surface area (Å²) in [5.74, 6) is 0.626. The minimum absolute atomic E-state index is 0.0104. The van der Waals surface area contributed by atoms with Gasteiger partial charge in [0.05, 0.1) is 45.5 Å². The summed E-state index contributed by atoms with van der Waals surface area (Å²) in [7, 11) is 1.59. The van der Waals surface area contributed by atoms with Crippen molar-refractivity contribution < 1.29 is 14.3 Å². The average Bonchev–Trinajstić information content (AvgIpc) is 3.65. The van der Waals surface area contributed by atoms with E-state index in [1.54, 1.807) is 51.0 Å². The number of nitrogens with one attached hydrogen (secondary N) is 2. The second-order valence-electron chi connectivity index (χ2n) is 15.3. The Morgan fingerprint density at radius 3 is 1.84 bits per heavy atom. The van der Waals surface area contributed by atoms with Crippen LogP contribution in [0.25, 0.3) is 22.3 Å². The van der Waals surface area contributed by atoms with E-state index in [4.69, 9.17) is 42.9 Å². The molecular weight excluding hydrogens is 755 g/mol. The van der Waals surface area contributed by atoms with Crippen LogP contribution in [0.3, 0.4) is 0 Å². The maximum atomic E-state index is 13.8. The van der Waals surface area contributed by atoms with Gasteiger partial charge in [0.15, 0.2) is 11.3 Å². The lowest BCUT2D eigenvalue weighted by molar-refractivity contribution is -0.0135. The van der Waals surface area contributed by atoms with Crippen molar-refractivity contribution >= 4 is 57.3 Å². The molecule has 1 aliphatic rings. The largest absolute Gasteiger partial charge is 0.376 e. The van der Waals surface area contributed by atoms with E-state index in [1.165, 1.54) is 12.4 Å². The van der Waals surface area contributed by atoms with Gasteiger partial charge in [-0.05, 0) is 85.3 Å². The topological polar surface area (TPSA) is 180 Å². The van der Waals surface area contributed by atoms with Crippen LogP contribution in [0, 0.1) is 25.7 Å². The van der Waals surface area contributed by atoms with Crippen LogP contribution in [-0.2, 0) is 4.74 Å². The van der Waals surface area contributed by atoms with Gasteiger partial charge >= 0.3 is 0 Å². The molecule has 0 bridgehead atoms. The molecule has 6 heterocycles. The summed E-state index contributed by atoms with van der Waals surface area (Å²) < 4.78 is 10.1. The molecule has 0 aromatic carbocycles. The van der Waals surface area contributed by atoms with Gasteiger partial charge in [-0.2, -0.15) is 0 Å². The number of rotatable bonds is 13. The van der Waals surface area contributed by atoms with Crippen molar-refractivity contribution in [2.24, 2.45) is 11.8 Å². The van der Waals surface area contributed by atoms with Crippen molar-refractivity contribution in [2.75, 3.05) is 7.11 Å². The zero-order valence-electron chi connectivity index (χ0n) is 32.4. The molecule has 6 aromatic heterocycles. The maximum Gasteiger partial charge on any atom is 0.272 e. The predicted octanol–water partition coefficient (Wildman–Crippen LogP) is 6.92. The van der Waals surface area contributed by atoms with Crippen molar-refractivity contribution in [1.29, 1.82) is 0 Å². The summed E-state index contributed by atoms with van der Waals surface area (Å²) in [6.45, 7) is 13.6. The third-order valence-corrected chi connectivity index (χ3v) is 10.8. The van der Waals surface area contributed by atoms with Gasteiger partial charge in [-0.15, -0.1) is 0 Å². The quantitative estimate of drug-likeness (QED) is 0.124. The number of pyridine rings is 2. The van der Waals surface area contributed by atoms with Crippen molar-refractivity contribution in [2.45, 2.75) is 91.1 Å². The fourth-order valence-corrected chi connectivity index (χ4v) is 7.58. The Bertz CT molecular complexity index is 2410. The molecule has 292 valence electrons. The van der Waals surface area contributed by atoms with Crippen LogP contribution in [-0.4, -0.2) is 73.5 Å². The Morgan fingerprint density at radius 1 is 0.786 bits per heavy atom. The number of carbonyl (C=O) groups is 2. The van der Waals surface area contributed by atoms with E-state index in [-0.39, 0.29) is 41.2 Å². The second-order valence-corrected chi connectivity index (χ2v) is 16.1. The number of ether oxygens (including phenoxy) is 1. The average molecular weight is 800 g/mol. The van der Waals surface area contributed by atoms with Crippen LogP contribution >= 0.6 is 23.2 Å². The van der Waals surface area contributed by atoms with Gasteiger partial charge in [0.25, 0.3) is 11.8 Å². The SMILES string of the molecule is COC(C)(C)[C@H](NC(=O)c1cnc(C)cn1)c1nc2cc(Cl)cnc2n1C(C)CC1CC1[C@H](NC(=O)c1cnc(C)cn1)c1nc2cc(Cl)cnc2n1C(C)C. The highest BCUT2D eigenvalue weighted by Gasteiger charge is 2.48. The number of halogens is 2. The highest BCUT2D eigenvalue weighted by Crippen LogP contribution is 2.52. The highest BCUT2D eigenvalue weighted by molar-refractivity contribution is 6.31. The number of hydrogen-bond acceptors (Lipinski definition) is 11. The Morgan fingerprint density at radius 2 is 1.32 bits per heavy atom.